The maximum absolute atomic E-state index is 14.8. The van der Waals surface area contributed by atoms with E-state index in [-0.39, 0.29) is 22.2 Å². The number of anilines is 5. The number of rotatable bonds is 5. The van der Waals surface area contributed by atoms with Gasteiger partial charge in [0.25, 0.3) is 5.91 Å². The third-order valence-electron chi connectivity index (χ3n) is 6.96. The van der Waals surface area contributed by atoms with Crippen LogP contribution in [0.15, 0.2) is 46.0 Å². The molecule has 0 radical (unpaired) electrons. The summed E-state index contributed by atoms with van der Waals surface area (Å²) in [6, 6.07) is 8.14. The topological polar surface area (TPSA) is 89.4 Å². The number of carbonyl (C=O) groups is 1. The second kappa shape index (κ2) is 10.2. The lowest BCUT2D eigenvalue weighted by molar-refractivity contribution is 0.0999. The molecule has 202 valence electrons. The third kappa shape index (κ3) is 4.56. The van der Waals surface area contributed by atoms with Crippen LogP contribution in [0.5, 0.6) is 5.75 Å². The van der Waals surface area contributed by atoms with Crippen LogP contribution in [-0.2, 0) is 0 Å². The molecule has 3 aromatic rings. The SMILES string of the molecule is COc1cc(Nc2ncc3c(n2)N2CCN=C2N(c2c(F)cccc2Cl)C3=O)cc(Br)c1N1CCN(C)CC1. The fourth-order valence-corrected chi connectivity index (χ4v) is 5.94. The zero-order valence-electron chi connectivity index (χ0n) is 21.3. The molecule has 0 spiro atoms. The summed E-state index contributed by atoms with van der Waals surface area (Å²) in [4.78, 5) is 34.6. The number of carbonyl (C=O) groups excluding carboxylic acids is 1. The number of fused-ring (bicyclic) bond motifs is 3. The average molecular weight is 616 g/mol. The smallest absolute Gasteiger partial charge is 0.270 e. The van der Waals surface area contributed by atoms with Crippen molar-refractivity contribution in [1.29, 1.82) is 0 Å². The molecule has 1 saturated heterocycles. The van der Waals surface area contributed by atoms with Crippen LogP contribution in [-0.4, -0.2) is 80.2 Å². The highest BCUT2D eigenvalue weighted by molar-refractivity contribution is 9.10. The van der Waals surface area contributed by atoms with E-state index in [1.54, 1.807) is 12.0 Å². The van der Waals surface area contributed by atoms with E-state index in [0.717, 1.165) is 42.1 Å². The Labute approximate surface area is 238 Å². The number of para-hydroxylation sites is 1. The molecular weight excluding hydrogens is 591 g/mol. The van der Waals surface area contributed by atoms with E-state index < -0.39 is 11.7 Å². The minimum atomic E-state index is -0.618. The number of methoxy groups -OCH3 is 1. The van der Waals surface area contributed by atoms with Crippen LogP contribution in [0.25, 0.3) is 0 Å². The molecule has 0 atom stereocenters. The molecule has 13 heteroatoms. The van der Waals surface area contributed by atoms with Crippen molar-refractivity contribution in [3.8, 4) is 5.75 Å². The van der Waals surface area contributed by atoms with Gasteiger partial charge in [-0.2, -0.15) is 4.98 Å². The number of hydrogen-bond acceptors (Lipinski definition) is 9. The van der Waals surface area contributed by atoms with Gasteiger partial charge in [0.15, 0.2) is 5.82 Å². The molecular formula is C26H25BrClFN8O2. The lowest BCUT2D eigenvalue weighted by Crippen LogP contribution is -2.51. The molecule has 0 unspecified atom stereocenters. The summed E-state index contributed by atoms with van der Waals surface area (Å²) in [5.41, 5.74) is 1.90. The Bertz CT molecular complexity index is 1480. The van der Waals surface area contributed by atoms with Crippen LogP contribution in [0.1, 0.15) is 10.4 Å². The molecule has 6 rings (SSSR count). The van der Waals surface area contributed by atoms with Gasteiger partial charge in [0.2, 0.25) is 11.9 Å². The van der Waals surface area contributed by atoms with E-state index in [4.69, 9.17) is 16.3 Å². The molecule has 10 nitrogen and oxygen atoms in total. The third-order valence-corrected chi connectivity index (χ3v) is 7.87. The minimum absolute atomic E-state index is 0.0416. The van der Waals surface area contributed by atoms with Gasteiger partial charge in [-0.25, -0.2) is 14.3 Å². The second-order valence-corrected chi connectivity index (χ2v) is 10.7. The quantitative estimate of drug-likeness (QED) is 0.453. The molecule has 3 aliphatic rings. The normalized spacial score (nSPS) is 17.2. The molecule has 0 bridgehead atoms. The molecule has 1 fully saturated rings. The van der Waals surface area contributed by atoms with Crippen LogP contribution in [0.4, 0.5) is 33.2 Å². The van der Waals surface area contributed by atoms with Crippen LogP contribution in [0.3, 0.4) is 0 Å². The Kier molecular flexibility index (Phi) is 6.77. The number of piperazine rings is 1. The first-order chi connectivity index (χ1) is 18.9. The van der Waals surface area contributed by atoms with Crippen molar-refractivity contribution in [1.82, 2.24) is 14.9 Å². The van der Waals surface area contributed by atoms with Crippen LogP contribution < -0.4 is 24.8 Å². The summed E-state index contributed by atoms with van der Waals surface area (Å²) in [5.74, 6) is 0.582. The molecule has 1 amide bonds. The summed E-state index contributed by atoms with van der Waals surface area (Å²) in [6.07, 6.45) is 1.44. The Morgan fingerprint density at radius 1 is 1.13 bits per heavy atom. The number of hydrogen-bond donors (Lipinski definition) is 1. The van der Waals surface area contributed by atoms with Crippen LogP contribution >= 0.6 is 27.5 Å². The first-order valence-corrected chi connectivity index (χ1v) is 13.6. The number of guanidine groups is 1. The van der Waals surface area contributed by atoms with Gasteiger partial charge in [0.1, 0.15) is 22.8 Å². The number of likely N-dealkylation sites (N-methyl/N-ethyl adjacent to an activating group) is 1. The van der Waals surface area contributed by atoms with Gasteiger partial charge < -0.3 is 19.9 Å². The Balaban J connectivity index is 1.32. The largest absolute Gasteiger partial charge is 0.494 e. The zero-order chi connectivity index (χ0) is 27.3. The number of aliphatic imine (C=N–C) groups is 1. The van der Waals surface area contributed by atoms with E-state index in [9.17, 15) is 9.18 Å². The predicted octanol–water partition coefficient (Wildman–Crippen LogP) is 4.37. The number of aromatic nitrogens is 2. The van der Waals surface area contributed by atoms with Gasteiger partial charge in [0.05, 0.1) is 24.4 Å². The number of nitrogens with one attached hydrogen (secondary N) is 1. The Morgan fingerprint density at radius 2 is 1.92 bits per heavy atom. The van der Waals surface area contributed by atoms with Gasteiger partial charge >= 0.3 is 0 Å². The summed E-state index contributed by atoms with van der Waals surface area (Å²) in [6.45, 7) is 4.65. The highest BCUT2D eigenvalue weighted by Crippen LogP contribution is 2.41. The molecule has 0 aliphatic carbocycles. The van der Waals surface area contributed by atoms with E-state index in [1.807, 2.05) is 12.1 Å². The molecule has 0 saturated carbocycles. The van der Waals surface area contributed by atoms with Gasteiger partial charge in [-0.15, -0.1) is 0 Å². The number of benzene rings is 2. The monoisotopic (exact) mass is 614 g/mol. The predicted molar refractivity (Wildman–Crippen MR) is 154 cm³/mol. The van der Waals surface area contributed by atoms with Crippen molar-refractivity contribution in [2.45, 2.75) is 0 Å². The average Bonchev–Trinajstić information content (AvgIpc) is 3.40. The maximum atomic E-state index is 14.8. The lowest BCUT2D eigenvalue weighted by atomic mass is 10.1. The van der Waals surface area contributed by atoms with Crippen molar-refractivity contribution in [2.75, 3.05) is 73.4 Å². The van der Waals surface area contributed by atoms with Crippen molar-refractivity contribution in [3.05, 3.63) is 57.4 Å². The molecule has 3 aliphatic heterocycles. The molecule has 1 aromatic heterocycles. The summed E-state index contributed by atoms with van der Waals surface area (Å²) in [7, 11) is 3.76. The standard InChI is InChI=1S/C26H25BrClFN8O2/c1-34-8-10-35(11-9-34)21-17(27)12-15(13-20(21)39-2)32-25-31-14-16-23(33-25)36-7-6-30-26(36)37(24(16)38)22-18(28)4-3-5-19(22)29/h3-5,12-14H,6-11H2,1-2H3,(H,31,32,33). The van der Waals surface area contributed by atoms with Crippen molar-refractivity contribution < 1.29 is 13.9 Å². The summed E-state index contributed by atoms with van der Waals surface area (Å²) >= 11 is 10.0. The molecule has 4 heterocycles. The zero-order valence-corrected chi connectivity index (χ0v) is 23.6. The number of amides is 1. The van der Waals surface area contributed by atoms with Crippen molar-refractivity contribution >= 4 is 68.2 Å². The fraction of sp³-hybridized carbons (Fsp3) is 0.308. The first-order valence-electron chi connectivity index (χ1n) is 12.4. The summed E-state index contributed by atoms with van der Waals surface area (Å²) < 4.78 is 21.4. The van der Waals surface area contributed by atoms with Crippen molar-refractivity contribution in [3.63, 3.8) is 0 Å². The Hall–Kier alpha value is -3.48. The van der Waals surface area contributed by atoms with Gasteiger partial charge in [-0.3, -0.25) is 14.7 Å². The fourth-order valence-electron chi connectivity index (χ4n) is 5.00. The highest BCUT2D eigenvalue weighted by atomic mass is 79.9. The number of nitrogens with zero attached hydrogens (tertiary/aromatic N) is 7. The number of ether oxygens (including phenoxy) is 1. The lowest BCUT2D eigenvalue weighted by Gasteiger charge is -2.35. The van der Waals surface area contributed by atoms with Gasteiger partial charge in [0, 0.05) is 55.1 Å². The van der Waals surface area contributed by atoms with Crippen LogP contribution in [0.2, 0.25) is 5.02 Å². The van der Waals surface area contributed by atoms with Gasteiger partial charge in [-0.1, -0.05) is 17.7 Å². The molecule has 1 N–H and O–H groups in total. The second-order valence-electron chi connectivity index (χ2n) is 9.40. The number of halogens is 3. The van der Waals surface area contributed by atoms with Gasteiger partial charge in [-0.05, 0) is 41.2 Å². The van der Waals surface area contributed by atoms with Crippen LogP contribution in [0, 0.1) is 5.82 Å². The van der Waals surface area contributed by atoms with E-state index in [0.29, 0.717) is 30.5 Å². The maximum Gasteiger partial charge on any atom is 0.270 e. The van der Waals surface area contributed by atoms with E-state index in [2.05, 4.69) is 53.1 Å². The molecule has 2 aromatic carbocycles. The van der Waals surface area contributed by atoms with E-state index in [1.165, 1.54) is 29.3 Å². The minimum Gasteiger partial charge on any atom is -0.494 e. The molecule has 39 heavy (non-hydrogen) atoms. The Morgan fingerprint density at radius 3 is 2.67 bits per heavy atom. The summed E-state index contributed by atoms with van der Waals surface area (Å²) in [5, 5.41) is 3.34. The highest BCUT2D eigenvalue weighted by Gasteiger charge is 2.41. The van der Waals surface area contributed by atoms with E-state index >= 15 is 0 Å². The van der Waals surface area contributed by atoms with Crippen molar-refractivity contribution in [2.24, 2.45) is 4.99 Å². The first kappa shape index (κ1) is 25.8.